The van der Waals surface area contributed by atoms with Crippen LogP contribution in [0.2, 0.25) is 0 Å². The number of allylic oxidation sites excluding steroid dienone is 1. The summed E-state index contributed by atoms with van der Waals surface area (Å²) in [6.07, 6.45) is 4.85. The number of hydrogen-bond acceptors (Lipinski definition) is 9. The highest BCUT2D eigenvalue weighted by atomic mass is 16.6. The number of nitrogens with zero attached hydrogens (tertiary/aromatic N) is 4. The minimum atomic E-state index is -1.07. The summed E-state index contributed by atoms with van der Waals surface area (Å²) >= 11 is 0. The first-order chi connectivity index (χ1) is 17.2. The number of non-ortho nitro benzene ring substituents is 1. The molecule has 11 heteroatoms. The number of Topliss-reactive ketones (excluding diaryl/α,β-unsaturated/α-hetero) is 1. The Hall–Kier alpha value is -4.67. The van der Waals surface area contributed by atoms with Crippen molar-refractivity contribution in [1.29, 1.82) is 0 Å². The Kier molecular flexibility index (Phi) is 5.47. The summed E-state index contributed by atoms with van der Waals surface area (Å²) in [5, 5.41) is 17.1. The van der Waals surface area contributed by atoms with E-state index >= 15 is 0 Å². The van der Waals surface area contributed by atoms with Gasteiger partial charge in [-0.05, 0) is 42.8 Å². The van der Waals surface area contributed by atoms with Crippen molar-refractivity contribution in [2.75, 3.05) is 4.90 Å². The van der Waals surface area contributed by atoms with Crippen LogP contribution in [0, 0.1) is 28.9 Å². The van der Waals surface area contributed by atoms with E-state index in [1.807, 2.05) is 0 Å². The van der Waals surface area contributed by atoms with Crippen LogP contribution >= 0.6 is 0 Å². The molecule has 2 aromatic carbocycles. The highest BCUT2D eigenvalue weighted by Gasteiger charge is 2.64. The number of rotatable bonds is 5. The second-order valence-corrected chi connectivity index (χ2v) is 8.74. The second-order valence-electron chi connectivity index (χ2n) is 8.74. The lowest BCUT2D eigenvalue weighted by Gasteiger charge is -2.30. The number of nitro groups is 1. The van der Waals surface area contributed by atoms with Gasteiger partial charge in [0.25, 0.3) is 5.69 Å². The van der Waals surface area contributed by atoms with Gasteiger partial charge in [0.2, 0.25) is 11.8 Å². The smallest absolute Gasteiger partial charge is 0.308 e. The maximum Gasteiger partial charge on any atom is 0.308 e. The average molecular weight is 488 g/mol. The third-order valence-electron chi connectivity index (χ3n) is 6.60. The fraction of sp³-hybridized carbons (Fsp3) is 0.240. The van der Waals surface area contributed by atoms with E-state index in [0.717, 1.165) is 4.90 Å². The molecule has 182 valence electrons. The SMILES string of the molecule is CC(=O)Oc1ccc(C(=O)C2C3C(=O)N(c4cc([N+](=O)[O-])ccc4C)C(=O)C3C3C=CC=NN32)cc1. The van der Waals surface area contributed by atoms with Crippen molar-refractivity contribution in [3.8, 4) is 5.75 Å². The van der Waals surface area contributed by atoms with E-state index in [1.165, 1.54) is 60.6 Å². The number of carbonyl (C=O) groups is 4. The lowest BCUT2D eigenvalue weighted by atomic mass is 9.86. The highest BCUT2D eigenvalue weighted by molar-refractivity contribution is 6.25. The van der Waals surface area contributed by atoms with Gasteiger partial charge in [0.05, 0.1) is 28.5 Å². The van der Waals surface area contributed by atoms with Crippen LogP contribution in [0.3, 0.4) is 0 Å². The van der Waals surface area contributed by atoms with Crippen molar-refractivity contribution in [3.63, 3.8) is 0 Å². The van der Waals surface area contributed by atoms with Crippen LogP contribution < -0.4 is 9.64 Å². The molecule has 0 spiro atoms. The standard InChI is InChI=1S/C25H20N4O7/c1-13-5-8-16(29(34)35)12-19(13)27-24(32)20-18-4-3-11-26-28(18)22(21(20)25(27)33)23(31)15-6-9-17(10-7-15)36-14(2)30/h3-12,18,20-22H,1-2H3. The van der Waals surface area contributed by atoms with Gasteiger partial charge in [-0.2, -0.15) is 5.10 Å². The van der Waals surface area contributed by atoms with Crippen molar-refractivity contribution in [2.24, 2.45) is 16.9 Å². The molecular formula is C25H20N4O7. The van der Waals surface area contributed by atoms with Crippen molar-refractivity contribution in [2.45, 2.75) is 25.9 Å². The van der Waals surface area contributed by atoms with Gasteiger partial charge in [0, 0.05) is 30.8 Å². The van der Waals surface area contributed by atoms with Crippen LogP contribution in [0.1, 0.15) is 22.8 Å². The number of carbonyl (C=O) groups excluding carboxylic acids is 4. The largest absolute Gasteiger partial charge is 0.427 e. The van der Waals surface area contributed by atoms with Crippen LogP contribution in [0.25, 0.3) is 0 Å². The van der Waals surface area contributed by atoms with Crippen LogP contribution in [0.15, 0.2) is 59.7 Å². The molecular weight excluding hydrogens is 468 g/mol. The molecule has 0 saturated carbocycles. The van der Waals surface area contributed by atoms with E-state index < -0.39 is 52.4 Å². The number of hydrogen-bond donors (Lipinski definition) is 0. The van der Waals surface area contributed by atoms with E-state index in [9.17, 15) is 29.3 Å². The summed E-state index contributed by atoms with van der Waals surface area (Å²) < 4.78 is 5.01. The van der Waals surface area contributed by atoms with Crippen LogP contribution in [-0.2, 0) is 14.4 Å². The van der Waals surface area contributed by atoms with Gasteiger partial charge in [0.1, 0.15) is 11.8 Å². The normalized spacial score (nSPS) is 24.1. The molecule has 2 saturated heterocycles. The lowest BCUT2D eigenvalue weighted by molar-refractivity contribution is -0.384. The number of imide groups is 1. The van der Waals surface area contributed by atoms with Crippen LogP contribution in [0.5, 0.6) is 5.75 Å². The topological polar surface area (TPSA) is 139 Å². The quantitative estimate of drug-likeness (QED) is 0.156. The number of hydrazone groups is 1. The van der Waals surface area contributed by atoms with Crippen molar-refractivity contribution >= 4 is 41.2 Å². The first kappa shape index (κ1) is 23.1. The molecule has 36 heavy (non-hydrogen) atoms. The molecule has 5 rings (SSSR count). The number of ketones is 1. The molecule has 2 amide bonds. The third-order valence-corrected chi connectivity index (χ3v) is 6.60. The predicted molar refractivity (Wildman–Crippen MR) is 126 cm³/mol. The van der Waals surface area contributed by atoms with Gasteiger partial charge in [-0.1, -0.05) is 12.1 Å². The first-order valence-electron chi connectivity index (χ1n) is 11.1. The molecule has 2 fully saturated rings. The molecule has 0 radical (unpaired) electrons. The molecule has 0 bridgehead atoms. The molecule has 4 unspecified atom stereocenters. The Labute approximate surface area is 204 Å². The molecule has 4 atom stereocenters. The zero-order chi connectivity index (χ0) is 25.7. The molecule has 0 aliphatic carbocycles. The van der Waals surface area contributed by atoms with Crippen LogP contribution in [-0.4, -0.2) is 51.8 Å². The maximum absolute atomic E-state index is 13.7. The highest BCUT2D eigenvalue weighted by Crippen LogP contribution is 2.47. The van der Waals surface area contributed by atoms with Gasteiger partial charge in [-0.3, -0.25) is 34.3 Å². The van der Waals surface area contributed by atoms with Gasteiger partial charge in [0.15, 0.2) is 5.78 Å². The second kappa shape index (κ2) is 8.52. The Morgan fingerprint density at radius 3 is 2.42 bits per heavy atom. The number of aryl methyl sites for hydroxylation is 1. The summed E-state index contributed by atoms with van der Waals surface area (Å²) in [5.74, 6) is -3.74. The molecule has 0 aromatic heterocycles. The number of anilines is 1. The fourth-order valence-corrected chi connectivity index (χ4v) is 5.05. The molecule has 3 aliphatic rings. The summed E-state index contributed by atoms with van der Waals surface area (Å²) in [5.41, 5.74) is 0.642. The number of ether oxygens (including phenoxy) is 1. The Balaban J connectivity index is 1.54. The Morgan fingerprint density at radius 2 is 1.75 bits per heavy atom. The Morgan fingerprint density at radius 1 is 1.06 bits per heavy atom. The number of nitro benzene ring substituents is 1. The maximum atomic E-state index is 13.7. The van der Waals surface area contributed by atoms with Crippen molar-refractivity contribution < 1.29 is 28.8 Å². The van der Waals surface area contributed by atoms with Gasteiger partial charge in [-0.25, -0.2) is 4.90 Å². The third kappa shape index (κ3) is 3.56. The number of benzene rings is 2. The fourth-order valence-electron chi connectivity index (χ4n) is 5.05. The number of esters is 1. The van der Waals surface area contributed by atoms with Crippen molar-refractivity contribution in [1.82, 2.24) is 5.01 Å². The molecule has 0 N–H and O–H groups in total. The van der Waals surface area contributed by atoms with Gasteiger partial charge < -0.3 is 4.74 Å². The van der Waals surface area contributed by atoms with E-state index in [2.05, 4.69) is 5.10 Å². The van der Waals surface area contributed by atoms with Gasteiger partial charge in [-0.15, -0.1) is 0 Å². The average Bonchev–Trinajstić information content (AvgIpc) is 3.31. The first-order valence-corrected chi connectivity index (χ1v) is 11.1. The molecule has 3 heterocycles. The molecule has 2 aromatic rings. The minimum Gasteiger partial charge on any atom is -0.427 e. The monoisotopic (exact) mass is 488 g/mol. The number of amides is 2. The Bertz CT molecular complexity index is 1380. The predicted octanol–water partition coefficient (Wildman–Crippen LogP) is 2.43. The summed E-state index contributed by atoms with van der Waals surface area (Å²) in [4.78, 5) is 63.9. The summed E-state index contributed by atoms with van der Waals surface area (Å²) in [7, 11) is 0. The summed E-state index contributed by atoms with van der Waals surface area (Å²) in [6.45, 7) is 2.91. The van der Waals surface area contributed by atoms with E-state index in [1.54, 1.807) is 19.1 Å². The zero-order valence-corrected chi connectivity index (χ0v) is 19.2. The van der Waals surface area contributed by atoms with Crippen molar-refractivity contribution in [3.05, 3.63) is 75.9 Å². The zero-order valence-electron chi connectivity index (χ0n) is 19.2. The van der Waals surface area contributed by atoms with Crippen LogP contribution in [0.4, 0.5) is 11.4 Å². The van der Waals surface area contributed by atoms with Gasteiger partial charge >= 0.3 is 5.97 Å². The summed E-state index contributed by atoms with van der Waals surface area (Å²) in [6, 6.07) is 8.19. The van der Waals surface area contributed by atoms with E-state index in [-0.39, 0.29) is 22.7 Å². The van der Waals surface area contributed by atoms with E-state index in [0.29, 0.717) is 5.56 Å². The molecule has 3 aliphatic heterocycles. The minimum absolute atomic E-state index is 0.125. The van der Waals surface area contributed by atoms with E-state index in [4.69, 9.17) is 4.74 Å². The molecule has 11 nitrogen and oxygen atoms in total. The lowest BCUT2D eigenvalue weighted by Crippen LogP contribution is -2.46. The number of fused-ring (bicyclic) bond motifs is 3.